The molecular weight excluding hydrogens is 291 g/mol. The van der Waals surface area contributed by atoms with E-state index in [1.54, 1.807) is 20.8 Å². The second-order valence-corrected chi connectivity index (χ2v) is 5.35. The number of carbonyl (C=O) groups is 2. The van der Waals surface area contributed by atoms with Gasteiger partial charge in [0.2, 0.25) is 5.95 Å². The van der Waals surface area contributed by atoms with Gasteiger partial charge >= 0.3 is 12.1 Å². The lowest BCUT2D eigenvalue weighted by Gasteiger charge is -2.19. The minimum atomic E-state index is -1.40. The molecule has 0 aromatic carbocycles. The van der Waals surface area contributed by atoms with E-state index in [1.807, 2.05) is 0 Å². The fourth-order valence-corrected chi connectivity index (χ4v) is 1.37. The topological polar surface area (TPSA) is 88.5 Å². The number of carboxylic acids is 1. The van der Waals surface area contributed by atoms with Gasteiger partial charge in [-0.1, -0.05) is 11.8 Å². The van der Waals surface area contributed by atoms with Gasteiger partial charge in [0.15, 0.2) is 0 Å². The Hall–Kier alpha value is -2.62. The van der Waals surface area contributed by atoms with Gasteiger partial charge in [0.25, 0.3) is 0 Å². The van der Waals surface area contributed by atoms with Crippen molar-refractivity contribution in [2.24, 2.45) is 0 Å². The van der Waals surface area contributed by atoms with E-state index in [4.69, 9.17) is 9.84 Å². The number of rotatable bonds is 3. The summed E-state index contributed by atoms with van der Waals surface area (Å²) in [7, 11) is 0. The molecule has 1 heterocycles. The molecule has 118 valence electrons. The number of ether oxygens (including phenoxy) is 1. The highest BCUT2D eigenvalue weighted by Gasteiger charge is 2.15. The van der Waals surface area contributed by atoms with Crippen LogP contribution < -0.4 is 5.32 Å². The average Bonchev–Trinajstić information content (AvgIpc) is 2.37. The van der Waals surface area contributed by atoms with Gasteiger partial charge in [0.05, 0.1) is 0 Å². The molecule has 1 aromatic heterocycles. The summed E-state index contributed by atoms with van der Waals surface area (Å²) >= 11 is 0. The summed E-state index contributed by atoms with van der Waals surface area (Å²) in [4.78, 5) is 25.4. The van der Waals surface area contributed by atoms with Gasteiger partial charge in [-0.3, -0.25) is 0 Å². The molecule has 0 saturated heterocycles. The molecule has 7 heteroatoms. The summed E-state index contributed by atoms with van der Waals surface area (Å²) in [6.07, 6.45) is 0.945. The quantitative estimate of drug-likeness (QED) is 0.507. The third-order valence-electron chi connectivity index (χ3n) is 2.22. The number of aromatic nitrogens is 1. The third kappa shape index (κ3) is 6.22. The van der Waals surface area contributed by atoms with Gasteiger partial charge in [0, 0.05) is 24.7 Å². The van der Waals surface area contributed by atoms with E-state index in [0.29, 0.717) is 6.42 Å². The molecule has 22 heavy (non-hydrogen) atoms. The van der Waals surface area contributed by atoms with Crippen molar-refractivity contribution >= 4 is 12.1 Å². The molecule has 0 radical (unpaired) electrons. The normalized spacial score (nSPS) is 10.4. The maximum atomic E-state index is 13.1. The van der Waals surface area contributed by atoms with E-state index in [1.165, 1.54) is 0 Å². The largest absolute Gasteiger partial charge is 0.478 e. The van der Waals surface area contributed by atoms with Crippen LogP contribution in [0.15, 0.2) is 12.3 Å². The van der Waals surface area contributed by atoms with Crippen LogP contribution in [0.3, 0.4) is 0 Å². The number of carbonyl (C=O) groups excluding carboxylic acids is 1. The van der Waals surface area contributed by atoms with Crippen molar-refractivity contribution in [2.45, 2.75) is 32.8 Å². The maximum Gasteiger partial charge on any atom is 0.407 e. The molecule has 1 aromatic rings. The molecule has 0 spiro atoms. The Bertz CT molecular complexity index is 627. The highest BCUT2D eigenvalue weighted by molar-refractivity contribution is 5.87. The van der Waals surface area contributed by atoms with Crippen LogP contribution in [0.1, 0.15) is 43.1 Å². The van der Waals surface area contributed by atoms with Crippen LogP contribution in [0.5, 0.6) is 0 Å². The first kappa shape index (κ1) is 17.4. The first-order chi connectivity index (χ1) is 10.2. The predicted octanol–water partition coefficient (Wildman–Crippen LogP) is 2.19. The molecule has 0 bridgehead atoms. The molecule has 0 aliphatic rings. The molecule has 6 nitrogen and oxygen atoms in total. The lowest BCUT2D eigenvalue weighted by atomic mass is 10.2. The number of halogens is 1. The zero-order chi connectivity index (χ0) is 16.8. The van der Waals surface area contributed by atoms with E-state index in [-0.39, 0.29) is 12.1 Å². The Morgan fingerprint density at radius 2 is 2.14 bits per heavy atom. The molecular formula is C15H17FN2O4. The highest BCUT2D eigenvalue weighted by Crippen LogP contribution is 2.07. The maximum absolute atomic E-state index is 13.1. The summed E-state index contributed by atoms with van der Waals surface area (Å²) in [6.45, 7) is 5.55. The third-order valence-corrected chi connectivity index (χ3v) is 2.22. The zero-order valence-electron chi connectivity index (χ0n) is 12.6. The van der Waals surface area contributed by atoms with Gasteiger partial charge in [-0.15, -0.1) is 0 Å². The van der Waals surface area contributed by atoms with Gasteiger partial charge in [0.1, 0.15) is 11.2 Å². The fraction of sp³-hybridized carbons (Fsp3) is 0.400. The number of nitrogens with one attached hydrogen (secondary N) is 1. The Morgan fingerprint density at radius 3 is 2.73 bits per heavy atom. The van der Waals surface area contributed by atoms with Crippen LogP contribution >= 0.6 is 0 Å². The van der Waals surface area contributed by atoms with Gasteiger partial charge in [-0.2, -0.15) is 4.39 Å². The monoisotopic (exact) mass is 308 g/mol. The molecule has 0 atom stereocenters. The standard InChI is InChI=1S/C15H17FN2O4/c1-15(2,3)22-14(21)17-7-5-4-6-10-8-11(13(19)20)12(16)18-9-10/h8-9H,5,7H2,1-3H3,(H,17,21)(H,19,20). The number of carboxylic acid groups (broad SMARTS) is 1. The average molecular weight is 308 g/mol. The minimum absolute atomic E-state index is 0.280. The first-order valence-corrected chi connectivity index (χ1v) is 6.53. The summed E-state index contributed by atoms with van der Waals surface area (Å²) in [6, 6.07) is 1.11. The number of pyridine rings is 1. The Morgan fingerprint density at radius 1 is 1.45 bits per heavy atom. The molecule has 0 aliphatic carbocycles. The number of amides is 1. The molecule has 2 N–H and O–H groups in total. The number of nitrogens with zero attached hydrogens (tertiary/aromatic N) is 1. The summed E-state index contributed by atoms with van der Waals surface area (Å²) in [5, 5.41) is 11.3. The lowest BCUT2D eigenvalue weighted by molar-refractivity contribution is 0.0528. The van der Waals surface area contributed by atoms with E-state index < -0.39 is 29.2 Å². The van der Waals surface area contributed by atoms with E-state index in [9.17, 15) is 14.0 Å². The molecule has 0 saturated carbocycles. The Balaban J connectivity index is 2.50. The smallest absolute Gasteiger partial charge is 0.407 e. The van der Waals surface area contributed by atoms with Crippen LogP contribution in [-0.4, -0.2) is 34.3 Å². The number of aromatic carboxylic acids is 1. The summed E-state index contributed by atoms with van der Waals surface area (Å²) < 4.78 is 18.1. The van der Waals surface area contributed by atoms with Crippen LogP contribution in [0.2, 0.25) is 0 Å². The van der Waals surface area contributed by atoms with Crippen LogP contribution in [0, 0.1) is 17.8 Å². The predicted molar refractivity (Wildman–Crippen MR) is 76.9 cm³/mol. The van der Waals surface area contributed by atoms with Gasteiger partial charge < -0.3 is 15.2 Å². The molecule has 0 aliphatic heterocycles. The zero-order valence-corrected chi connectivity index (χ0v) is 12.6. The van der Waals surface area contributed by atoms with E-state index in [0.717, 1.165) is 12.3 Å². The van der Waals surface area contributed by atoms with E-state index in [2.05, 4.69) is 22.1 Å². The summed E-state index contributed by atoms with van der Waals surface area (Å²) in [5.74, 6) is 2.93. The Kier molecular flexibility index (Phi) is 5.87. The second-order valence-electron chi connectivity index (χ2n) is 5.35. The summed E-state index contributed by atoms with van der Waals surface area (Å²) in [5.41, 5.74) is -0.808. The van der Waals surface area contributed by atoms with Crippen molar-refractivity contribution in [1.82, 2.24) is 10.3 Å². The lowest BCUT2D eigenvalue weighted by Crippen LogP contribution is -2.32. The first-order valence-electron chi connectivity index (χ1n) is 6.53. The van der Waals surface area contributed by atoms with Crippen LogP contribution in [0.4, 0.5) is 9.18 Å². The van der Waals surface area contributed by atoms with Crippen molar-refractivity contribution in [3.63, 3.8) is 0 Å². The van der Waals surface area contributed by atoms with Gasteiger partial charge in [-0.25, -0.2) is 14.6 Å². The van der Waals surface area contributed by atoms with Crippen molar-refractivity contribution in [3.05, 3.63) is 29.3 Å². The fourth-order valence-electron chi connectivity index (χ4n) is 1.37. The van der Waals surface area contributed by atoms with Crippen molar-refractivity contribution < 1.29 is 23.8 Å². The van der Waals surface area contributed by atoms with Gasteiger partial charge in [-0.05, 0) is 26.8 Å². The minimum Gasteiger partial charge on any atom is -0.478 e. The molecule has 0 unspecified atom stereocenters. The molecule has 0 fully saturated rings. The number of alkyl carbamates (subject to hydrolysis) is 1. The SMILES string of the molecule is CC(C)(C)OC(=O)NCCC#Cc1cnc(F)c(C(=O)O)c1. The van der Waals surface area contributed by atoms with Crippen LogP contribution in [-0.2, 0) is 4.74 Å². The molecule has 1 amide bonds. The Labute approximate surface area is 127 Å². The van der Waals surface area contributed by atoms with E-state index >= 15 is 0 Å². The highest BCUT2D eigenvalue weighted by atomic mass is 19.1. The number of hydrogen-bond donors (Lipinski definition) is 2. The second kappa shape index (κ2) is 7.41. The van der Waals surface area contributed by atoms with Crippen molar-refractivity contribution in [2.75, 3.05) is 6.54 Å². The van der Waals surface area contributed by atoms with Crippen molar-refractivity contribution in [1.29, 1.82) is 0 Å². The van der Waals surface area contributed by atoms with Crippen LogP contribution in [0.25, 0.3) is 0 Å². The van der Waals surface area contributed by atoms with Crippen molar-refractivity contribution in [3.8, 4) is 11.8 Å². The number of hydrogen-bond acceptors (Lipinski definition) is 4. The molecule has 1 rings (SSSR count).